The number of aryl methyl sites for hydroxylation is 1. The zero-order valence-corrected chi connectivity index (χ0v) is 12.1. The van der Waals surface area contributed by atoms with Crippen molar-refractivity contribution in [3.05, 3.63) is 66.6 Å². The summed E-state index contributed by atoms with van der Waals surface area (Å²) in [4.78, 5) is 12.8. The number of anilines is 1. The Bertz CT molecular complexity index is 720. The second kappa shape index (κ2) is 5.75. The van der Waals surface area contributed by atoms with Crippen LogP contribution in [-0.4, -0.2) is 19.5 Å². The zero-order valence-electron chi connectivity index (χ0n) is 12.1. The van der Waals surface area contributed by atoms with Crippen LogP contribution in [0.4, 0.5) is 5.69 Å². The smallest absolute Gasteiger partial charge is 0.161 e. The van der Waals surface area contributed by atoms with Gasteiger partial charge in [-0.15, -0.1) is 0 Å². The standard InChI is InChI=1S/C16H17N5/c1-12(14-5-8-17-9-6-14)20-15-4-3-7-19-16(15)21-11-10-18-13(21)2/h3-12,20H,1-2H3. The minimum atomic E-state index is 0.166. The monoisotopic (exact) mass is 279 g/mol. The summed E-state index contributed by atoms with van der Waals surface area (Å²) < 4.78 is 1.97. The van der Waals surface area contributed by atoms with Crippen LogP contribution >= 0.6 is 0 Å². The van der Waals surface area contributed by atoms with Crippen LogP contribution in [0, 0.1) is 6.92 Å². The molecule has 0 saturated carbocycles. The summed E-state index contributed by atoms with van der Waals surface area (Å²) in [6.07, 6.45) is 9.09. The van der Waals surface area contributed by atoms with Crippen LogP contribution in [0.15, 0.2) is 55.2 Å². The quantitative estimate of drug-likeness (QED) is 0.797. The van der Waals surface area contributed by atoms with Gasteiger partial charge in [0, 0.05) is 37.0 Å². The molecule has 0 saturated heterocycles. The van der Waals surface area contributed by atoms with Gasteiger partial charge >= 0.3 is 0 Å². The molecule has 0 radical (unpaired) electrons. The second-order valence-corrected chi connectivity index (χ2v) is 4.87. The first-order valence-corrected chi connectivity index (χ1v) is 6.87. The molecule has 3 aromatic rings. The van der Waals surface area contributed by atoms with Crippen LogP contribution in [0.25, 0.3) is 5.82 Å². The molecule has 1 atom stereocenters. The Morgan fingerprint density at radius 2 is 1.86 bits per heavy atom. The molecule has 0 amide bonds. The lowest BCUT2D eigenvalue weighted by molar-refractivity contribution is 0.864. The van der Waals surface area contributed by atoms with Gasteiger partial charge in [0.1, 0.15) is 5.82 Å². The predicted molar refractivity (Wildman–Crippen MR) is 82.4 cm³/mol. The third-order valence-corrected chi connectivity index (χ3v) is 3.42. The van der Waals surface area contributed by atoms with Crippen LogP contribution in [0.5, 0.6) is 0 Å². The first-order chi connectivity index (χ1) is 10.3. The zero-order chi connectivity index (χ0) is 14.7. The number of pyridine rings is 2. The highest BCUT2D eigenvalue weighted by molar-refractivity contribution is 5.58. The molecular formula is C16H17N5. The number of hydrogen-bond acceptors (Lipinski definition) is 4. The Kier molecular flexibility index (Phi) is 3.64. The Morgan fingerprint density at radius 3 is 2.57 bits per heavy atom. The molecule has 5 nitrogen and oxygen atoms in total. The summed E-state index contributed by atoms with van der Waals surface area (Å²) in [5.41, 5.74) is 2.16. The summed E-state index contributed by atoms with van der Waals surface area (Å²) in [6, 6.07) is 8.14. The summed E-state index contributed by atoms with van der Waals surface area (Å²) in [5, 5.41) is 3.50. The Hall–Kier alpha value is -2.69. The van der Waals surface area contributed by atoms with Gasteiger partial charge in [-0.3, -0.25) is 9.55 Å². The largest absolute Gasteiger partial charge is 0.376 e. The first-order valence-electron chi connectivity index (χ1n) is 6.87. The minimum Gasteiger partial charge on any atom is -0.376 e. The number of imidazole rings is 1. The van der Waals surface area contributed by atoms with E-state index in [-0.39, 0.29) is 6.04 Å². The molecule has 3 rings (SSSR count). The van der Waals surface area contributed by atoms with E-state index in [9.17, 15) is 0 Å². The van der Waals surface area contributed by atoms with Crippen molar-refractivity contribution in [2.24, 2.45) is 0 Å². The first kappa shape index (κ1) is 13.3. The van der Waals surface area contributed by atoms with Gasteiger partial charge < -0.3 is 5.32 Å². The number of nitrogens with one attached hydrogen (secondary N) is 1. The molecule has 0 bridgehead atoms. The molecule has 0 fully saturated rings. The summed E-state index contributed by atoms with van der Waals surface area (Å²) >= 11 is 0. The highest BCUT2D eigenvalue weighted by atomic mass is 15.1. The SMILES string of the molecule is Cc1nccn1-c1ncccc1NC(C)c1ccncc1. The molecule has 0 aliphatic rings. The van der Waals surface area contributed by atoms with Crippen molar-refractivity contribution in [2.45, 2.75) is 19.9 Å². The maximum absolute atomic E-state index is 4.48. The molecular weight excluding hydrogens is 262 g/mol. The van der Waals surface area contributed by atoms with Gasteiger partial charge in [0.25, 0.3) is 0 Å². The average Bonchev–Trinajstić information content (AvgIpc) is 2.95. The van der Waals surface area contributed by atoms with Gasteiger partial charge in [-0.25, -0.2) is 9.97 Å². The van der Waals surface area contributed by atoms with Gasteiger partial charge in [-0.05, 0) is 43.7 Å². The van der Waals surface area contributed by atoms with Gasteiger partial charge in [0.2, 0.25) is 0 Å². The minimum absolute atomic E-state index is 0.166. The van der Waals surface area contributed by atoms with Crippen LogP contribution < -0.4 is 5.32 Å². The Morgan fingerprint density at radius 1 is 1.05 bits per heavy atom. The molecule has 0 spiro atoms. The summed E-state index contributed by atoms with van der Waals surface area (Å²) in [5.74, 6) is 1.77. The van der Waals surface area contributed by atoms with E-state index in [0.29, 0.717) is 0 Å². The normalized spacial score (nSPS) is 12.1. The average molecular weight is 279 g/mol. The van der Waals surface area contributed by atoms with E-state index in [1.807, 2.05) is 42.0 Å². The molecule has 0 aliphatic carbocycles. The predicted octanol–water partition coefficient (Wildman–Crippen LogP) is 3.14. The maximum Gasteiger partial charge on any atom is 0.161 e. The molecule has 106 valence electrons. The van der Waals surface area contributed by atoms with Gasteiger partial charge in [0.05, 0.1) is 5.69 Å². The van der Waals surface area contributed by atoms with Gasteiger partial charge in [-0.1, -0.05) is 0 Å². The molecule has 1 N–H and O–H groups in total. The molecule has 3 heterocycles. The lowest BCUT2D eigenvalue weighted by Gasteiger charge is -2.18. The maximum atomic E-state index is 4.48. The van der Waals surface area contributed by atoms with Crippen LogP contribution in [0.2, 0.25) is 0 Å². The topological polar surface area (TPSA) is 55.6 Å². The fraction of sp³-hybridized carbons (Fsp3) is 0.188. The van der Waals surface area contributed by atoms with E-state index in [1.54, 1.807) is 24.8 Å². The molecule has 3 aromatic heterocycles. The van der Waals surface area contributed by atoms with E-state index in [1.165, 1.54) is 5.56 Å². The van der Waals surface area contributed by atoms with Crippen LogP contribution in [0.1, 0.15) is 24.4 Å². The van der Waals surface area contributed by atoms with E-state index >= 15 is 0 Å². The molecule has 0 aromatic carbocycles. The van der Waals surface area contributed by atoms with Crippen LogP contribution in [-0.2, 0) is 0 Å². The third kappa shape index (κ3) is 2.76. The second-order valence-electron chi connectivity index (χ2n) is 4.87. The van der Waals surface area contributed by atoms with Gasteiger partial charge in [-0.2, -0.15) is 0 Å². The van der Waals surface area contributed by atoms with Crippen molar-refractivity contribution in [1.29, 1.82) is 0 Å². The molecule has 0 aliphatic heterocycles. The lowest BCUT2D eigenvalue weighted by Crippen LogP contribution is -2.10. The fourth-order valence-electron chi connectivity index (χ4n) is 2.27. The van der Waals surface area contributed by atoms with Crippen molar-refractivity contribution in [2.75, 3.05) is 5.32 Å². The van der Waals surface area contributed by atoms with E-state index in [4.69, 9.17) is 0 Å². The van der Waals surface area contributed by atoms with Crippen molar-refractivity contribution >= 4 is 5.69 Å². The highest BCUT2D eigenvalue weighted by Gasteiger charge is 2.11. The third-order valence-electron chi connectivity index (χ3n) is 3.42. The summed E-state index contributed by atoms with van der Waals surface area (Å²) in [6.45, 7) is 4.08. The number of rotatable bonds is 4. The van der Waals surface area contributed by atoms with Gasteiger partial charge in [0.15, 0.2) is 5.82 Å². The lowest BCUT2D eigenvalue weighted by atomic mass is 10.1. The van der Waals surface area contributed by atoms with Crippen molar-refractivity contribution in [3.63, 3.8) is 0 Å². The number of hydrogen-bond donors (Lipinski definition) is 1. The van der Waals surface area contributed by atoms with E-state index in [2.05, 4.69) is 27.2 Å². The molecule has 21 heavy (non-hydrogen) atoms. The number of aromatic nitrogens is 4. The van der Waals surface area contributed by atoms with E-state index in [0.717, 1.165) is 17.3 Å². The van der Waals surface area contributed by atoms with Crippen molar-refractivity contribution < 1.29 is 0 Å². The van der Waals surface area contributed by atoms with E-state index < -0.39 is 0 Å². The fourth-order valence-corrected chi connectivity index (χ4v) is 2.27. The van der Waals surface area contributed by atoms with Crippen LogP contribution in [0.3, 0.4) is 0 Å². The highest BCUT2D eigenvalue weighted by Crippen LogP contribution is 2.23. The molecule has 1 unspecified atom stereocenters. The Labute approximate surface area is 123 Å². The van der Waals surface area contributed by atoms with Crippen molar-refractivity contribution in [3.8, 4) is 5.82 Å². The number of nitrogens with zero attached hydrogens (tertiary/aromatic N) is 4. The Balaban J connectivity index is 1.92. The van der Waals surface area contributed by atoms with Crippen molar-refractivity contribution in [1.82, 2.24) is 19.5 Å². The molecule has 5 heteroatoms. The summed E-state index contributed by atoms with van der Waals surface area (Å²) in [7, 11) is 0.